The Kier molecular flexibility index (Phi) is 12.0. The maximum Gasteiger partial charge on any atom is 0.248 e. The summed E-state index contributed by atoms with van der Waals surface area (Å²) in [5, 5.41) is 18.5. The van der Waals surface area contributed by atoms with Crippen LogP contribution in [0.5, 0.6) is 5.75 Å². The third-order valence-electron chi connectivity index (χ3n) is 12.8. The number of rotatable bonds is 3. The Bertz CT molecular complexity index is 3800. The van der Waals surface area contributed by atoms with Gasteiger partial charge in [0.1, 0.15) is 29.7 Å². The molecule has 0 saturated heterocycles. The van der Waals surface area contributed by atoms with Crippen molar-refractivity contribution in [2.24, 2.45) is 17.3 Å². The van der Waals surface area contributed by atoms with Crippen LogP contribution >= 0.6 is 0 Å². The molecule has 1 N–H and O–H groups in total. The number of pyridine rings is 2. The molecular formula is C59H49ClN4O3. The van der Waals surface area contributed by atoms with Crippen LogP contribution in [0.25, 0.3) is 76.4 Å². The van der Waals surface area contributed by atoms with Gasteiger partial charge >= 0.3 is 0 Å². The molecule has 11 aromatic rings. The summed E-state index contributed by atoms with van der Waals surface area (Å²) in [4.78, 5) is 14.4. The highest BCUT2D eigenvalue weighted by Crippen LogP contribution is 2.37. The van der Waals surface area contributed by atoms with Crippen molar-refractivity contribution in [2.45, 2.75) is 34.6 Å². The fourth-order valence-corrected chi connectivity index (χ4v) is 9.26. The van der Waals surface area contributed by atoms with Crippen LogP contribution in [-0.4, -0.2) is 24.0 Å². The summed E-state index contributed by atoms with van der Waals surface area (Å²) in [6.45, 7) is 10.5. The van der Waals surface area contributed by atoms with Crippen LogP contribution in [0.2, 0.25) is 0 Å². The molecule has 1 aliphatic carbocycles. The lowest BCUT2D eigenvalue weighted by atomic mass is 9.97. The van der Waals surface area contributed by atoms with Gasteiger partial charge in [-0.2, -0.15) is 9.67 Å². The van der Waals surface area contributed by atoms with Crippen LogP contribution in [-0.2, 0) is 7.05 Å². The number of nitrogens with one attached hydrogen (secondary N) is 1. The SMILES string of the molecule is COc1cc2ccc3c4cc(C)c(C)cc4c[n+](C)c3c2cc1C.Cc1cc(=O)[nH]c2cc3oc4ccccc4c3cc12.Cc1ccc(/C=N/N=C2c3ccccc3-c3ccccc32)cc1.[Cl-]. The number of nitrogens with zero attached hydrogens (tertiary/aromatic N) is 3. The predicted octanol–water partition coefficient (Wildman–Crippen LogP) is 10.5. The summed E-state index contributed by atoms with van der Waals surface area (Å²) in [6, 6.07) is 52.0. The van der Waals surface area contributed by atoms with E-state index >= 15 is 0 Å². The number of aryl methyl sites for hydroxylation is 6. The van der Waals surface area contributed by atoms with Crippen LogP contribution in [0.1, 0.15) is 44.5 Å². The number of hydrogen-bond acceptors (Lipinski definition) is 5. The minimum Gasteiger partial charge on any atom is -1.00 e. The van der Waals surface area contributed by atoms with E-state index in [9.17, 15) is 4.79 Å². The number of hydrogen-bond donors (Lipinski definition) is 1. The Morgan fingerprint density at radius 1 is 0.567 bits per heavy atom. The number of furan rings is 1. The Hall–Kier alpha value is -7.87. The van der Waals surface area contributed by atoms with E-state index in [0.29, 0.717) is 0 Å². The zero-order valence-corrected chi connectivity index (χ0v) is 39.3. The summed E-state index contributed by atoms with van der Waals surface area (Å²) < 4.78 is 13.6. The maximum absolute atomic E-state index is 11.5. The first-order valence-corrected chi connectivity index (χ1v) is 22.2. The van der Waals surface area contributed by atoms with Crippen LogP contribution in [0.4, 0.5) is 0 Å². The van der Waals surface area contributed by atoms with Gasteiger partial charge < -0.3 is 26.5 Å². The third kappa shape index (κ3) is 8.35. The van der Waals surface area contributed by atoms with Crippen LogP contribution in [0.15, 0.2) is 177 Å². The van der Waals surface area contributed by atoms with Crippen molar-refractivity contribution >= 4 is 77.2 Å². The van der Waals surface area contributed by atoms with E-state index in [2.05, 4.69) is 164 Å². The molecule has 0 saturated carbocycles. The second-order valence-corrected chi connectivity index (χ2v) is 17.3. The molecule has 330 valence electrons. The summed E-state index contributed by atoms with van der Waals surface area (Å²) in [7, 11) is 3.86. The van der Waals surface area contributed by atoms with E-state index in [1.807, 2.05) is 49.4 Å². The van der Waals surface area contributed by atoms with E-state index < -0.39 is 0 Å². The van der Waals surface area contributed by atoms with Gasteiger partial charge in [-0.1, -0.05) is 109 Å². The van der Waals surface area contributed by atoms with E-state index in [1.54, 1.807) is 19.4 Å². The van der Waals surface area contributed by atoms with E-state index in [-0.39, 0.29) is 18.0 Å². The van der Waals surface area contributed by atoms with Crippen molar-refractivity contribution in [3.8, 4) is 16.9 Å². The second-order valence-electron chi connectivity index (χ2n) is 17.3. The van der Waals surface area contributed by atoms with E-state index in [0.717, 1.165) is 72.1 Å². The number of ether oxygens (including phenoxy) is 1. The fraction of sp³-hybridized carbons (Fsp3) is 0.119. The Labute approximate surface area is 395 Å². The molecule has 0 atom stereocenters. The summed E-state index contributed by atoms with van der Waals surface area (Å²) in [5.41, 5.74) is 16.5. The molecular weight excluding hydrogens is 848 g/mol. The Morgan fingerprint density at radius 2 is 1.22 bits per heavy atom. The highest BCUT2D eigenvalue weighted by atomic mass is 35.5. The first-order valence-electron chi connectivity index (χ1n) is 22.2. The number of para-hydroxylation sites is 1. The third-order valence-corrected chi connectivity index (χ3v) is 12.8. The van der Waals surface area contributed by atoms with Gasteiger partial charge in [-0.25, -0.2) is 0 Å². The van der Waals surface area contributed by atoms with Gasteiger partial charge in [-0.15, -0.1) is 5.10 Å². The zero-order chi connectivity index (χ0) is 45.6. The average Bonchev–Trinajstić information content (AvgIpc) is 3.84. The number of aromatic nitrogens is 2. The lowest BCUT2D eigenvalue weighted by Crippen LogP contribution is -3.00. The smallest absolute Gasteiger partial charge is 0.248 e. The van der Waals surface area contributed by atoms with Gasteiger partial charge in [0, 0.05) is 50.2 Å². The van der Waals surface area contributed by atoms with Gasteiger partial charge in [0.25, 0.3) is 0 Å². The maximum atomic E-state index is 11.5. The first-order chi connectivity index (χ1) is 32.0. The van der Waals surface area contributed by atoms with Crippen molar-refractivity contribution in [2.75, 3.05) is 7.11 Å². The molecule has 7 nitrogen and oxygen atoms in total. The van der Waals surface area contributed by atoms with Gasteiger partial charge in [0.05, 0.1) is 29.6 Å². The standard InChI is InChI=1S/C22H22NO.C21H16N2.C16H11NO2.ClH/c1-13-8-17-12-23(4)22-18(19(17)9-14(13)2)7-6-16-11-21(24-5)15(3)10-20(16)22;1-15-10-12-16(13-11-15)14-22-23-21-19-8-4-2-6-17(19)18-7-3-5-9-20(18)21;1-9-6-16(18)17-13-8-15-12(7-11(9)13)10-4-2-3-5-14(10)19-15;/h6-12H,1-5H3;2-14H,1H3;2-8H,1H3,(H,17,18);1H/q+1;;;/p-1/b;22-14+;;. The quantitative estimate of drug-likeness (QED) is 0.0830. The minimum absolute atomic E-state index is 0. The highest BCUT2D eigenvalue weighted by molar-refractivity contribution is 6.24. The lowest BCUT2D eigenvalue weighted by Gasteiger charge is -2.10. The number of methoxy groups -OCH3 is 1. The summed E-state index contributed by atoms with van der Waals surface area (Å²) in [6.07, 6.45) is 4.04. The Morgan fingerprint density at radius 3 is 1.94 bits per heavy atom. The zero-order valence-electron chi connectivity index (χ0n) is 38.5. The second kappa shape index (κ2) is 18.2. The highest BCUT2D eigenvalue weighted by Gasteiger charge is 2.24. The molecule has 0 fully saturated rings. The molecule has 3 aromatic heterocycles. The van der Waals surface area contributed by atoms with E-state index in [4.69, 9.17) is 9.15 Å². The van der Waals surface area contributed by atoms with Crippen molar-refractivity contribution < 1.29 is 26.1 Å². The van der Waals surface area contributed by atoms with Gasteiger partial charge in [0.15, 0.2) is 6.20 Å². The van der Waals surface area contributed by atoms with Crippen LogP contribution in [0, 0.1) is 34.6 Å². The largest absolute Gasteiger partial charge is 1.00 e. The van der Waals surface area contributed by atoms with Crippen molar-refractivity contribution in [3.63, 3.8) is 0 Å². The van der Waals surface area contributed by atoms with Crippen LogP contribution in [0.3, 0.4) is 0 Å². The monoisotopic (exact) mass is 896 g/mol. The number of benzene rings is 8. The first kappa shape index (κ1) is 44.3. The van der Waals surface area contributed by atoms with Crippen molar-refractivity contribution in [3.05, 3.63) is 213 Å². The molecule has 1 aliphatic rings. The molecule has 0 unspecified atom stereocenters. The molecule has 8 heteroatoms. The Balaban J connectivity index is 0.000000126. The van der Waals surface area contributed by atoms with Crippen LogP contribution < -0.4 is 27.3 Å². The molecule has 3 heterocycles. The van der Waals surface area contributed by atoms with Gasteiger partial charge in [0.2, 0.25) is 11.1 Å². The molecule has 0 aliphatic heterocycles. The predicted molar refractivity (Wildman–Crippen MR) is 274 cm³/mol. The molecule has 12 rings (SSSR count). The molecule has 67 heavy (non-hydrogen) atoms. The molecule has 0 bridgehead atoms. The molecule has 8 aromatic carbocycles. The average molecular weight is 898 g/mol. The molecule has 0 radical (unpaired) electrons. The molecule has 0 spiro atoms. The van der Waals surface area contributed by atoms with Crippen molar-refractivity contribution in [1.29, 1.82) is 0 Å². The van der Waals surface area contributed by atoms with Crippen molar-refractivity contribution in [1.82, 2.24) is 4.98 Å². The number of halogens is 1. The molecule has 0 amide bonds. The van der Waals surface area contributed by atoms with E-state index in [1.165, 1.54) is 60.3 Å². The topological polar surface area (TPSA) is 83.8 Å². The summed E-state index contributed by atoms with van der Waals surface area (Å²) in [5.74, 6) is 0.941. The fourth-order valence-electron chi connectivity index (χ4n) is 9.26. The normalized spacial score (nSPS) is 11.7. The lowest BCUT2D eigenvalue weighted by molar-refractivity contribution is -0.642. The summed E-state index contributed by atoms with van der Waals surface area (Å²) >= 11 is 0. The number of H-pyrrole nitrogens is 1. The minimum atomic E-state index is -0.0829. The number of fused-ring (bicyclic) bond motifs is 12. The number of aromatic amines is 1. The van der Waals surface area contributed by atoms with Gasteiger partial charge in [-0.05, 0) is 115 Å². The van der Waals surface area contributed by atoms with Gasteiger partial charge in [-0.3, -0.25) is 4.79 Å².